The number of hydrogen-bond acceptors (Lipinski definition) is 4. The quantitative estimate of drug-likeness (QED) is 0.837. The summed E-state index contributed by atoms with van der Waals surface area (Å²) in [6.45, 7) is 3.70. The SMILES string of the molecule is O=S(=O)(Nc1ccc(CN2CCOCC2)cc1)c1ccccc1C(F)(F)F. The molecule has 27 heavy (non-hydrogen) atoms. The lowest BCUT2D eigenvalue weighted by atomic mass is 10.2. The Bertz CT molecular complexity index is 877. The zero-order chi connectivity index (χ0) is 19.5. The molecule has 1 fully saturated rings. The lowest BCUT2D eigenvalue weighted by molar-refractivity contribution is -0.139. The van der Waals surface area contributed by atoms with Crippen molar-refractivity contribution in [2.24, 2.45) is 0 Å². The number of morpholine rings is 1. The van der Waals surface area contributed by atoms with Gasteiger partial charge in [-0.1, -0.05) is 24.3 Å². The Kier molecular flexibility index (Phi) is 5.73. The van der Waals surface area contributed by atoms with Gasteiger partial charge in [0.1, 0.15) is 0 Å². The molecule has 2 aromatic rings. The molecule has 1 N–H and O–H groups in total. The molecule has 3 rings (SSSR count). The van der Waals surface area contributed by atoms with Gasteiger partial charge in [-0.05, 0) is 29.8 Å². The molecule has 0 atom stereocenters. The first-order valence-electron chi connectivity index (χ1n) is 8.34. The Morgan fingerprint density at radius 1 is 1.00 bits per heavy atom. The highest BCUT2D eigenvalue weighted by atomic mass is 32.2. The number of hydrogen-bond donors (Lipinski definition) is 1. The smallest absolute Gasteiger partial charge is 0.379 e. The van der Waals surface area contributed by atoms with Gasteiger partial charge in [0.25, 0.3) is 10.0 Å². The van der Waals surface area contributed by atoms with Crippen LogP contribution in [0, 0.1) is 0 Å². The van der Waals surface area contributed by atoms with E-state index in [9.17, 15) is 21.6 Å². The largest absolute Gasteiger partial charge is 0.417 e. The summed E-state index contributed by atoms with van der Waals surface area (Å²) < 4.78 is 71.6. The molecular formula is C18H19F3N2O3S. The van der Waals surface area contributed by atoms with Gasteiger partial charge in [-0.15, -0.1) is 0 Å². The van der Waals surface area contributed by atoms with Crippen molar-refractivity contribution in [1.82, 2.24) is 4.90 Å². The van der Waals surface area contributed by atoms with Crippen LogP contribution in [0.5, 0.6) is 0 Å². The zero-order valence-electron chi connectivity index (χ0n) is 14.4. The van der Waals surface area contributed by atoms with E-state index in [4.69, 9.17) is 4.74 Å². The number of benzene rings is 2. The van der Waals surface area contributed by atoms with Gasteiger partial charge in [-0.2, -0.15) is 13.2 Å². The van der Waals surface area contributed by atoms with Gasteiger partial charge in [0, 0.05) is 25.3 Å². The van der Waals surface area contributed by atoms with Gasteiger partial charge >= 0.3 is 6.18 Å². The highest BCUT2D eigenvalue weighted by molar-refractivity contribution is 7.92. The van der Waals surface area contributed by atoms with Crippen LogP contribution in [-0.4, -0.2) is 39.6 Å². The van der Waals surface area contributed by atoms with Crippen molar-refractivity contribution in [3.8, 4) is 0 Å². The third-order valence-electron chi connectivity index (χ3n) is 4.20. The fourth-order valence-electron chi connectivity index (χ4n) is 2.84. The van der Waals surface area contributed by atoms with Crippen LogP contribution in [0.2, 0.25) is 0 Å². The average Bonchev–Trinajstić information content (AvgIpc) is 2.63. The van der Waals surface area contributed by atoms with Crippen molar-refractivity contribution >= 4 is 15.7 Å². The van der Waals surface area contributed by atoms with Crippen molar-refractivity contribution in [3.63, 3.8) is 0 Å². The molecule has 1 aliphatic rings. The van der Waals surface area contributed by atoms with Gasteiger partial charge in [0.2, 0.25) is 0 Å². The number of nitrogens with zero attached hydrogens (tertiary/aromatic N) is 1. The van der Waals surface area contributed by atoms with Gasteiger partial charge in [0.15, 0.2) is 0 Å². The normalized spacial score (nSPS) is 16.3. The Hall–Kier alpha value is -2.10. The fraction of sp³-hybridized carbons (Fsp3) is 0.333. The summed E-state index contributed by atoms with van der Waals surface area (Å²) in [6.07, 6.45) is -4.76. The van der Waals surface area contributed by atoms with Crippen molar-refractivity contribution in [1.29, 1.82) is 0 Å². The maximum Gasteiger partial charge on any atom is 0.417 e. The minimum Gasteiger partial charge on any atom is -0.379 e. The van der Waals surface area contributed by atoms with Gasteiger partial charge in [-0.3, -0.25) is 9.62 Å². The van der Waals surface area contributed by atoms with Crippen LogP contribution < -0.4 is 4.72 Å². The minimum atomic E-state index is -4.76. The average molecular weight is 400 g/mol. The monoisotopic (exact) mass is 400 g/mol. The zero-order valence-corrected chi connectivity index (χ0v) is 15.2. The summed E-state index contributed by atoms with van der Waals surface area (Å²) in [7, 11) is -4.36. The summed E-state index contributed by atoms with van der Waals surface area (Å²) in [5.74, 6) is 0. The summed E-state index contributed by atoms with van der Waals surface area (Å²) in [4.78, 5) is 1.41. The second-order valence-corrected chi connectivity index (χ2v) is 7.84. The molecule has 2 aromatic carbocycles. The Balaban J connectivity index is 1.75. The fourth-order valence-corrected chi connectivity index (χ4v) is 4.13. The molecule has 0 unspecified atom stereocenters. The Morgan fingerprint density at radius 3 is 2.26 bits per heavy atom. The first-order valence-corrected chi connectivity index (χ1v) is 9.82. The summed E-state index contributed by atoms with van der Waals surface area (Å²) in [6, 6.07) is 10.7. The van der Waals surface area contributed by atoms with Crippen LogP contribution in [-0.2, 0) is 27.5 Å². The van der Waals surface area contributed by atoms with Crippen LogP contribution in [0.1, 0.15) is 11.1 Å². The minimum absolute atomic E-state index is 0.206. The van der Waals surface area contributed by atoms with E-state index in [1.165, 1.54) is 6.07 Å². The molecule has 1 aliphatic heterocycles. The van der Waals surface area contributed by atoms with Gasteiger partial charge < -0.3 is 4.74 Å². The second kappa shape index (κ2) is 7.87. The van der Waals surface area contributed by atoms with Crippen LogP contribution in [0.4, 0.5) is 18.9 Å². The molecule has 1 heterocycles. The van der Waals surface area contributed by atoms with Crippen LogP contribution >= 0.6 is 0 Å². The molecule has 0 radical (unpaired) electrons. The summed E-state index contributed by atoms with van der Waals surface area (Å²) in [5.41, 5.74) is -0.00492. The van der Waals surface area contributed by atoms with Crippen LogP contribution in [0.3, 0.4) is 0 Å². The topological polar surface area (TPSA) is 58.6 Å². The number of ether oxygens (including phenoxy) is 1. The maximum atomic E-state index is 13.1. The number of anilines is 1. The van der Waals surface area contributed by atoms with E-state index >= 15 is 0 Å². The standard InChI is InChI=1S/C18H19F3N2O3S/c19-18(20,21)16-3-1-2-4-17(16)27(24,25)22-15-7-5-14(6-8-15)13-23-9-11-26-12-10-23/h1-8,22H,9-13H2. The van der Waals surface area contributed by atoms with E-state index in [0.29, 0.717) is 19.8 Å². The van der Waals surface area contributed by atoms with Crippen molar-refractivity contribution in [2.45, 2.75) is 17.6 Å². The third kappa shape index (κ3) is 5.00. The van der Waals surface area contributed by atoms with E-state index in [0.717, 1.165) is 36.9 Å². The van der Waals surface area contributed by atoms with Crippen LogP contribution in [0.25, 0.3) is 0 Å². The molecule has 0 aromatic heterocycles. The van der Waals surface area contributed by atoms with E-state index < -0.39 is 26.7 Å². The molecule has 146 valence electrons. The first-order chi connectivity index (χ1) is 12.8. The van der Waals surface area contributed by atoms with E-state index in [1.807, 2.05) is 0 Å². The molecule has 0 bridgehead atoms. The van der Waals surface area contributed by atoms with E-state index in [2.05, 4.69) is 9.62 Å². The molecule has 5 nitrogen and oxygen atoms in total. The molecule has 0 spiro atoms. The van der Waals surface area contributed by atoms with E-state index in [-0.39, 0.29) is 5.69 Å². The predicted octanol–water partition coefficient (Wildman–Crippen LogP) is 3.34. The molecular weight excluding hydrogens is 381 g/mol. The highest BCUT2D eigenvalue weighted by Crippen LogP contribution is 2.34. The van der Waals surface area contributed by atoms with Crippen molar-refractivity contribution in [3.05, 3.63) is 59.7 Å². The number of sulfonamides is 1. The second-order valence-electron chi connectivity index (χ2n) is 6.18. The van der Waals surface area contributed by atoms with E-state index in [1.54, 1.807) is 24.3 Å². The summed E-state index contributed by atoms with van der Waals surface area (Å²) >= 11 is 0. The third-order valence-corrected chi connectivity index (χ3v) is 5.64. The predicted molar refractivity (Wildman–Crippen MR) is 94.8 cm³/mol. The molecule has 0 aliphatic carbocycles. The number of alkyl halides is 3. The lowest BCUT2D eigenvalue weighted by Gasteiger charge is -2.26. The first kappa shape index (κ1) is 19.7. The van der Waals surface area contributed by atoms with Crippen molar-refractivity contribution in [2.75, 3.05) is 31.0 Å². The molecule has 0 saturated carbocycles. The van der Waals surface area contributed by atoms with Gasteiger partial charge in [-0.25, -0.2) is 8.42 Å². The van der Waals surface area contributed by atoms with Crippen molar-refractivity contribution < 1.29 is 26.3 Å². The Labute approximate surface area is 155 Å². The number of nitrogens with one attached hydrogen (secondary N) is 1. The molecule has 9 heteroatoms. The maximum absolute atomic E-state index is 13.1. The lowest BCUT2D eigenvalue weighted by Crippen LogP contribution is -2.35. The number of rotatable bonds is 5. The summed E-state index contributed by atoms with van der Waals surface area (Å²) in [5, 5.41) is 0. The number of halogens is 3. The molecule has 1 saturated heterocycles. The van der Waals surface area contributed by atoms with Crippen LogP contribution in [0.15, 0.2) is 53.4 Å². The van der Waals surface area contributed by atoms with Gasteiger partial charge in [0.05, 0.1) is 23.7 Å². The molecule has 0 amide bonds. The highest BCUT2D eigenvalue weighted by Gasteiger charge is 2.36. The Morgan fingerprint density at radius 2 is 1.63 bits per heavy atom.